The highest BCUT2D eigenvalue weighted by Crippen LogP contribution is 2.14. The fourth-order valence-corrected chi connectivity index (χ4v) is 1.77. The van der Waals surface area contributed by atoms with Gasteiger partial charge in [-0.25, -0.2) is 21.0 Å². The molecule has 1 saturated heterocycles. The minimum Gasteiger partial charge on any atom is -0.326 e. The van der Waals surface area contributed by atoms with E-state index in [1.165, 1.54) is 67.3 Å². The van der Waals surface area contributed by atoms with Crippen LogP contribution in [0.5, 0.6) is 0 Å². The monoisotopic (exact) mass is 243 g/mol. The van der Waals surface area contributed by atoms with Crippen LogP contribution in [0.15, 0.2) is 0 Å². The summed E-state index contributed by atoms with van der Waals surface area (Å²) < 4.78 is 1.32. The van der Waals surface area contributed by atoms with Gasteiger partial charge in [0.15, 0.2) is 0 Å². The Morgan fingerprint density at radius 3 is 1.44 bits per heavy atom. The molecule has 5 nitrogen and oxygen atoms in total. The van der Waals surface area contributed by atoms with Gasteiger partial charge in [0.25, 0.3) is 0 Å². The summed E-state index contributed by atoms with van der Waals surface area (Å²) in [5, 5.41) is 32.3. The molecule has 6 heteroatoms. The zero-order valence-electron chi connectivity index (χ0n) is 11.1. The number of nitrogens with zero attached hydrogens (tertiary/aromatic N) is 5. The molecule has 0 spiro atoms. The largest absolute Gasteiger partial charge is 0.383 e. The van der Waals surface area contributed by atoms with E-state index in [9.17, 15) is 0 Å². The summed E-state index contributed by atoms with van der Waals surface area (Å²) in [5.41, 5.74) is 0. The average molecular weight is 243 g/mol. The highest BCUT2D eigenvalue weighted by Gasteiger charge is 2.22. The summed E-state index contributed by atoms with van der Waals surface area (Å²) in [7, 11) is 2.37. The first-order chi connectivity index (χ1) is 8.51. The molecule has 0 saturated carbocycles. The second-order valence-electron chi connectivity index (χ2n) is 4.83. The normalized spacial score (nSPS) is 16.8. The van der Waals surface area contributed by atoms with E-state index in [1.54, 1.807) is 0 Å². The molecule has 0 unspecified atom stereocenters. The van der Waals surface area contributed by atoms with Gasteiger partial charge in [-0.2, -0.15) is 0 Å². The van der Waals surface area contributed by atoms with E-state index in [2.05, 4.69) is 14.0 Å². The minimum atomic E-state index is -2.72. The van der Waals surface area contributed by atoms with Gasteiger partial charge >= 0.3 is 6.15 Å². The van der Waals surface area contributed by atoms with E-state index in [0.29, 0.717) is 0 Å². The number of nitriles is 4. The number of likely N-dealkylation sites (tertiary alicyclic amines) is 1. The van der Waals surface area contributed by atoms with Crippen molar-refractivity contribution < 1.29 is 4.48 Å². The van der Waals surface area contributed by atoms with Gasteiger partial charge in [0, 0.05) is 0 Å². The SMILES string of the molecule is CC[N+]1(C)CCCCC1.N#C[B-](C#N)(C#N)C#N. The first-order valence-electron chi connectivity index (χ1n) is 6.15. The lowest BCUT2D eigenvalue weighted by molar-refractivity contribution is -0.912. The van der Waals surface area contributed by atoms with Crippen LogP contribution >= 0.6 is 0 Å². The lowest BCUT2D eigenvalue weighted by Gasteiger charge is -2.36. The van der Waals surface area contributed by atoms with Crippen molar-refractivity contribution in [3.63, 3.8) is 0 Å². The lowest BCUT2D eigenvalue weighted by atomic mass is 9.30. The molecule has 0 radical (unpaired) electrons. The quantitative estimate of drug-likeness (QED) is 0.512. The highest BCUT2D eigenvalue weighted by molar-refractivity contribution is 7.05. The Kier molecular flexibility index (Phi) is 6.52. The molecule has 94 valence electrons. The maximum atomic E-state index is 8.09. The molecule has 1 heterocycles. The Hall–Kier alpha value is -2.02. The molecule has 0 aromatic heterocycles. The molecule has 1 fully saturated rings. The Morgan fingerprint density at radius 1 is 0.889 bits per heavy atom. The Labute approximate surface area is 109 Å². The van der Waals surface area contributed by atoms with Crippen molar-refractivity contribution in [2.24, 2.45) is 0 Å². The zero-order chi connectivity index (χ0) is 14.1. The van der Waals surface area contributed by atoms with E-state index in [4.69, 9.17) is 21.0 Å². The Bertz CT molecular complexity index is 364. The molecule has 18 heavy (non-hydrogen) atoms. The van der Waals surface area contributed by atoms with Crippen LogP contribution in [0.1, 0.15) is 26.2 Å². The predicted octanol–water partition coefficient (Wildman–Crippen LogP) is 1.32. The van der Waals surface area contributed by atoms with Gasteiger partial charge in [-0.1, -0.05) is 0 Å². The van der Waals surface area contributed by atoms with Gasteiger partial charge < -0.3 is 4.48 Å². The topological polar surface area (TPSA) is 95.2 Å². The van der Waals surface area contributed by atoms with Crippen molar-refractivity contribution in [2.75, 3.05) is 26.7 Å². The van der Waals surface area contributed by atoms with Gasteiger partial charge in [-0.3, -0.25) is 0 Å². The number of hydrogen-bond acceptors (Lipinski definition) is 4. The summed E-state index contributed by atoms with van der Waals surface area (Å²) in [6.07, 6.45) is 1.64. The number of piperidine rings is 1. The van der Waals surface area contributed by atoms with Crippen LogP contribution in [-0.2, 0) is 0 Å². The van der Waals surface area contributed by atoms with E-state index in [1.807, 2.05) is 0 Å². The van der Waals surface area contributed by atoms with Crippen LogP contribution < -0.4 is 0 Å². The van der Waals surface area contributed by atoms with Crippen LogP contribution in [0.4, 0.5) is 0 Å². The number of rotatable bonds is 1. The van der Waals surface area contributed by atoms with Crippen LogP contribution in [0.2, 0.25) is 0 Å². The Morgan fingerprint density at radius 2 is 1.28 bits per heavy atom. The van der Waals surface area contributed by atoms with Crippen molar-refractivity contribution in [1.29, 1.82) is 21.0 Å². The average Bonchev–Trinajstić information content (AvgIpc) is 2.44. The lowest BCUT2D eigenvalue weighted by Crippen LogP contribution is -2.47. The van der Waals surface area contributed by atoms with E-state index < -0.39 is 6.15 Å². The molecule has 0 bridgehead atoms. The van der Waals surface area contributed by atoms with E-state index in [-0.39, 0.29) is 0 Å². The van der Waals surface area contributed by atoms with Crippen molar-refractivity contribution >= 4 is 6.15 Å². The van der Waals surface area contributed by atoms with Gasteiger partial charge in [0.1, 0.15) is 0 Å². The summed E-state index contributed by atoms with van der Waals surface area (Å²) in [6, 6.07) is 0. The summed E-state index contributed by atoms with van der Waals surface area (Å²) in [6.45, 7) is 6.44. The molecule has 0 amide bonds. The molecule has 0 aromatic carbocycles. The first-order valence-corrected chi connectivity index (χ1v) is 6.15. The maximum absolute atomic E-state index is 8.09. The van der Waals surface area contributed by atoms with Crippen molar-refractivity contribution in [2.45, 2.75) is 26.2 Å². The van der Waals surface area contributed by atoms with Crippen LogP contribution in [0, 0.1) is 44.9 Å². The number of hydrogen-bond donors (Lipinski definition) is 0. The molecule has 0 atom stereocenters. The minimum absolute atomic E-state index is 1.32. The maximum Gasteiger partial charge on any atom is 0.383 e. The fourth-order valence-electron chi connectivity index (χ4n) is 1.77. The first kappa shape index (κ1) is 16.0. The highest BCUT2D eigenvalue weighted by atomic mass is 15.3. The molecule has 0 aliphatic carbocycles. The molecule has 1 aliphatic rings. The molecular weight excluding hydrogens is 225 g/mol. The summed E-state index contributed by atoms with van der Waals surface area (Å²) in [5.74, 6) is 5.38. The standard InChI is InChI=1S/C8H18N.C4BN4/c1-3-9(2)7-5-4-6-8-9;6-1-5(2-7,3-8)4-9/h3-8H2,1-2H3;/q+1;-1. The third-order valence-electron chi connectivity index (χ3n) is 3.43. The smallest absolute Gasteiger partial charge is 0.326 e. The zero-order valence-corrected chi connectivity index (χ0v) is 11.1. The summed E-state index contributed by atoms with van der Waals surface area (Å²) in [4.78, 5) is 0. The van der Waals surface area contributed by atoms with Crippen LogP contribution in [-0.4, -0.2) is 37.3 Å². The summed E-state index contributed by atoms with van der Waals surface area (Å²) >= 11 is 0. The predicted molar refractivity (Wildman–Crippen MR) is 68.5 cm³/mol. The van der Waals surface area contributed by atoms with Crippen molar-refractivity contribution in [1.82, 2.24) is 0 Å². The second-order valence-corrected chi connectivity index (χ2v) is 4.83. The molecular formula is C12H18BN5. The van der Waals surface area contributed by atoms with Crippen LogP contribution in [0.3, 0.4) is 0 Å². The van der Waals surface area contributed by atoms with Crippen LogP contribution in [0.25, 0.3) is 0 Å². The second kappa shape index (κ2) is 7.34. The van der Waals surface area contributed by atoms with E-state index in [0.717, 1.165) is 0 Å². The molecule has 0 N–H and O–H groups in total. The fraction of sp³-hybridized carbons (Fsp3) is 0.667. The molecule has 1 rings (SSSR count). The van der Waals surface area contributed by atoms with Gasteiger partial charge in [0.2, 0.25) is 0 Å². The Balaban J connectivity index is 0.000000321. The van der Waals surface area contributed by atoms with Gasteiger partial charge in [-0.05, 0) is 26.2 Å². The van der Waals surface area contributed by atoms with Gasteiger partial charge in [-0.15, -0.1) is 23.9 Å². The van der Waals surface area contributed by atoms with Gasteiger partial charge in [0.05, 0.1) is 26.7 Å². The molecule has 0 aromatic rings. The third kappa shape index (κ3) is 4.46. The third-order valence-corrected chi connectivity index (χ3v) is 3.43. The van der Waals surface area contributed by atoms with Crippen molar-refractivity contribution in [3.05, 3.63) is 0 Å². The van der Waals surface area contributed by atoms with E-state index >= 15 is 0 Å². The number of quaternary nitrogens is 1. The van der Waals surface area contributed by atoms with Crippen molar-refractivity contribution in [3.8, 4) is 23.9 Å². The molecule has 1 aliphatic heterocycles.